The lowest BCUT2D eigenvalue weighted by atomic mass is 9.91. The molecule has 1 aromatic rings. The predicted octanol–water partition coefficient (Wildman–Crippen LogP) is 2.76. The van der Waals surface area contributed by atoms with Gasteiger partial charge in [0.05, 0.1) is 4.92 Å². The molecule has 0 aliphatic carbocycles. The van der Waals surface area contributed by atoms with Crippen molar-refractivity contribution in [3.63, 3.8) is 0 Å². The van der Waals surface area contributed by atoms with Gasteiger partial charge in [-0.1, -0.05) is 18.2 Å². The molecule has 2 aliphatic rings. The lowest BCUT2D eigenvalue weighted by Crippen LogP contribution is -2.45. The van der Waals surface area contributed by atoms with E-state index in [2.05, 4.69) is 17.1 Å². The Labute approximate surface area is 131 Å². The number of piperidine rings is 1. The van der Waals surface area contributed by atoms with Gasteiger partial charge in [-0.05, 0) is 32.2 Å². The Morgan fingerprint density at radius 3 is 2.90 bits per heavy atom. The zero-order valence-corrected chi connectivity index (χ0v) is 13.0. The number of halogens is 1. The average Bonchev–Trinajstić information content (AvgIpc) is 2.93. The molecule has 21 heavy (non-hydrogen) atoms. The number of nitro groups is 1. The molecule has 116 valence electrons. The van der Waals surface area contributed by atoms with Gasteiger partial charge in [0, 0.05) is 36.8 Å². The first-order valence-electron chi connectivity index (χ1n) is 7.37. The topological polar surface area (TPSA) is 58.4 Å². The molecule has 3 unspecified atom stereocenters. The molecule has 0 aromatic heterocycles. The Kier molecular flexibility index (Phi) is 5.19. The Bertz CT molecular complexity index is 511. The van der Waals surface area contributed by atoms with E-state index in [1.54, 1.807) is 12.1 Å². The van der Waals surface area contributed by atoms with Gasteiger partial charge < -0.3 is 5.32 Å². The second kappa shape index (κ2) is 6.73. The first kappa shape index (κ1) is 16.2. The lowest BCUT2D eigenvalue weighted by molar-refractivity contribution is -0.386. The number of hydrogen-bond donors (Lipinski definition) is 1. The van der Waals surface area contributed by atoms with Gasteiger partial charge >= 0.3 is 0 Å². The zero-order valence-electron chi connectivity index (χ0n) is 12.2. The number of likely N-dealkylation sites (tertiary alicyclic amines) is 1. The Morgan fingerprint density at radius 1 is 1.38 bits per heavy atom. The van der Waals surface area contributed by atoms with Gasteiger partial charge in [-0.25, -0.2) is 0 Å². The largest absolute Gasteiger partial charge is 0.314 e. The van der Waals surface area contributed by atoms with Crippen LogP contribution in [0.3, 0.4) is 0 Å². The van der Waals surface area contributed by atoms with E-state index in [0.717, 1.165) is 31.6 Å². The van der Waals surface area contributed by atoms with Crippen LogP contribution < -0.4 is 5.32 Å². The maximum absolute atomic E-state index is 11.2. The lowest BCUT2D eigenvalue weighted by Gasteiger charge is -2.38. The molecule has 1 N–H and O–H groups in total. The highest BCUT2D eigenvalue weighted by Crippen LogP contribution is 2.33. The van der Waals surface area contributed by atoms with E-state index in [0.29, 0.717) is 12.0 Å². The number of para-hydroxylation sites is 1. The molecule has 2 fully saturated rings. The molecule has 2 heterocycles. The molecule has 3 atom stereocenters. The first-order valence-corrected chi connectivity index (χ1v) is 7.37. The van der Waals surface area contributed by atoms with Gasteiger partial charge in [0.25, 0.3) is 5.69 Å². The zero-order chi connectivity index (χ0) is 14.1. The number of nitro benzene ring substituents is 1. The molecule has 5 nitrogen and oxygen atoms in total. The van der Waals surface area contributed by atoms with E-state index >= 15 is 0 Å². The fraction of sp³-hybridized carbons (Fsp3) is 0.600. The smallest absolute Gasteiger partial charge is 0.274 e. The monoisotopic (exact) mass is 311 g/mol. The van der Waals surface area contributed by atoms with Crippen LogP contribution >= 0.6 is 12.4 Å². The SMILES string of the molecule is CC(c1ccccc1[N+](=O)[O-])N1CCC2NCCC2C1.Cl. The molecule has 0 radical (unpaired) electrons. The number of hydrogen-bond acceptors (Lipinski definition) is 4. The van der Waals surface area contributed by atoms with Crippen LogP contribution in [0.25, 0.3) is 0 Å². The van der Waals surface area contributed by atoms with E-state index < -0.39 is 0 Å². The van der Waals surface area contributed by atoms with Crippen molar-refractivity contribution in [2.24, 2.45) is 5.92 Å². The number of nitrogens with one attached hydrogen (secondary N) is 1. The summed E-state index contributed by atoms with van der Waals surface area (Å²) in [7, 11) is 0. The normalized spacial score (nSPS) is 26.7. The van der Waals surface area contributed by atoms with Crippen molar-refractivity contribution in [2.45, 2.75) is 31.8 Å². The van der Waals surface area contributed by atoms with Crippen LogP contribution in [0.4, 0.5) is 5.69 Å². The summed E-state index contributed by atoms with van der Waals surface area (Å²) in [6.07, 6.45) is 2.38. The van der Waals surface area contributed by atoms with Gasteiger partial charge in [-0.15, -0.1) is 12.4 Å². The van der Waals surface area contributed by atoms with Gasteiger partial charge in [0.2, 0.25) is 0 Å². The van der Waals surface area contributed by atoms with Crippen molar-refractivity contribution in [3.05, 3.63) is 39.9 Å². The van der Waals surface area contributed by atoms with Crippen molar-refractivity contribution >= 4 is 18.1 Å². The van der Waals surface area contributed by atoms with Gasteiger partial charge in [-0.3, -0.25) is 15.0 Å². The van der Waals surface area contributed by atoms with Crippen LogP contribution in [0.2, 0.25) is 0 Å². The molecule has 0 saturated carbocycles. The molecule has 6 heteroatoms. The predicted molar refractivity (Wildman–Crippen MR) is 84.8 cm³/mol. The van der Waals surface area contributed by atoms with Crippen LogP contribution in [0.1, 0.15) is 31.4 Å². The summed E-state index contributed by atoms with van der Waals surface area (Å²) in [5.41, 5.74) is 1.08. The summed E-state index contributed by atoms with van der Waals surface area (Å²) in [5.74, 6) is 0.703. The summed E-state index contributed by atoms with van der Waals surface area (Å²) < 4.78 is 0. The highest BCUT2D eigenvalue weighted by atomic mass is 35.5. The highest BCUT2D eigenvalue weighted by molar-refractivity contribution is 5.85. The van der Waals surface area contributed by atoms with Crippen LogP contribution in [0.5, 0.6) is 0 Å². The van der Waals surface area contributed by atoms with Gasteiger partial charge in [-0.2, -0.15) is 0 Å². The summed E-state index contributed by atoms with van der Waals surface area (Å²) in [6, 6.07) is 7.89. The number of fused-ring (bicyclic) bond motifs is 1. The van der Waals surface area contributed by atoms with E-state index in [9.17, 15) is 10.1 Å². The van der Waals surface area contributed by atoms with E-state index in [1.807, 2.05) is 12.1 Å². The molecule has 1 aromatic carbocycles. The number of rotatable bonds is 3. The molecule has 3 rings (SSSR count). The molecular weight excluding hydrogens is 290 g/mol. The van der Waals surface area contributed by atoms with Crippen LogP contribution in [-0.4, -0.2) is 35.5 Å². The van der Waals surface area contributed by atoms with Crippen molar-refractivity contribution in [1.82, 2.24) is 10.2 Å². The first-order chi connectivity index (χ1) is 9.66. The average molecular weight is 312 g/mol. The maximum atomic E-state index is 11.2. The van der Waals surface area contributed by atoms with E-state index in [4.69, 9.17) is 0 Å². The molecular formula is C15H22ClN3O2. The highest BCUT2D eigenvalue weighted by Gasteiger charge is 2.35. The minimum absolute atomic E-state index is 0. The molecule has 0 bridgehead atoms. The molecule has 0 spiro atoms. The number of benzene rings is 1. The quantitative estimate of drug-likeness (QED) is 0.689. The standard InChI is InChI=1S/C15H21N3O2.ClH/c1-11(13-4-2-3-5-15(13)18(19)20)17-9-7-14-12(10-17)6-8-16-14;/h2-5,11-12,14,16H,6-10H2,1H3;1H. The van der Waals surface area contributed by atoms with Crippen molar-refractivity contribution in [3.8, 4) is 0 Å². The third-order valence-corrected chi connectivity index (χ3v) is 4.82. The van der Waals surface area contributed by atoms with Crippen molar-refractivity contribution < 1.29 is 4.92 Å². The minimum Gasteiger partial charge on any atom is -0.314 e. The minimum atomic E-state index is -0.268. The summed E-state index contributed by atoms with van der Waals surface area (Å²) in [4.78, 5) is 13.3. The fourth-order valence-corrected chi connectivity index (χ4v) is 3.63. The van der Waals surface area contributed by atoms with Crippen LogP contribution in [0.15, 0.2) is 24.3 Å². The molecule has 0 amide bonds. The molecule has 2 saturated heterocycles. The Morgan fingerprint density at radius 2 is 2.14 bits per heavy atom. The third-order valence-electron chi connectivity index (χ3n) is 4.82. The molecule has 2 aliphatic heterocycles. The second-order valence-corrected chi connectivity index (χ2v) is 5.88. The van der Waals surface area contributed by atoms with Gasteiger partial charge in [0.15, 0.2) is 0 Å². The second-order valence-electron chi connectivity index (χ2n) is 5.88. The summed E-state index contributed by atoms with van der Waals surface area (Å²) >= 11 is 0. The van der Waals surface area contributed by atoms with Crippen LogP contribution in [0, 0.1) is 16.0 Å². The summed E-state index contributed by atoms with van der Waals surface area (Å²) in [5, 5.41) is 14.7. The van der Waals surface area contributed by atoms with Crippen molar-refractivity contribution in [2.75, 3.05) is 19.6 Å². The van der Waals surface area contributed by atoms with Crippen LogP contribution in [-0.2, 0) is 0 Å². The Hall–Kier alpha value is -1.17. The fourth-order valence-electron chi connectivity index (χ4n) is 3.63. The van der Waals surface area contributed by atoms with Crippen molar-refractivity contribution in [1.29, 1.82) is 0 Å². The van der Waals surface area contributed by atoms with E-state index in [-0.39, 0.29) is 29.1 Å². The van der Waals surface area contributed by atoms with E-state index in [1.165, 1.54) is 6.42 Å². The van der Waals surface area contributed by atoms with Gasteiger partial charge in [0.1, 0.15) is 0 Å². The maximum Gasteiger partial charge on any atom is 0.274 e. The summed E-state index contributed by atoms with van der Waals surface area (Å²) in [6.45, 7) is 5.26. The number of nitrogens with zero attached hydrogens (tertiary/aromatic N) is 2. The Balaban J connectivity index is 0.00000161. The third kappa shape index (κ3) is 3.20.